The summed E-state index contributed by atoms with van der Waals surface area (Å²) in [6.45, 7) is 1.65. The second-order valence-electron chi connectivity index (χ2n) is 6.92. The van der Waals surface area contributed by atoms with Gasteiger partial charge in [0, 0.05) is 19.6 Å². The van der Waals surface area contributed by atoms with Crippen LogP contribution >= 0.6 is 0 Å². The van der Waals surface area contributed by atoms with E-state index in [1.54, 1.807) is 0 Å². The fraction of sp³-hybridized carbons (Fsp3) is 1.00. The fourth-order valence-electron chi connectivity index (χ4n) is 3.08. The van der Waals surface area contributed by atoms with Gasteiger partial charge in [-0.15, -0.1) is 0 Å². The van der Waals surface area contributed by atoms with Crippen LogP contribution in [0.5, 0.6) is 0 Å². The normalized spacial score (nSPS) is 18.9. The number of hydrogen-bond donors (Lipinski definition) is 0. The van der Waals surface area contributed by atoms with Gasteiger partial charge in [-0.2, -0.15) is 13.2 Å². The Morgan fingerprint density at radius 3 is 1.79 bits per heavy atom. The molecule has 0 N–H and O–H groups in total. The van der Waals surface area contributed by atoms with Gasteiger partial charge >= 0.3 is 6.18 Å². The summed E-state index contributed by atoms with van der Waals surface area (Å²) in [4.78, 5) is 0. The van der Waals surface area contributed by atoms with Crippen molar-refractivity contribution in [2.45, 2.75) is 109 Å². The van der Waals surface area contributed by atoms with E-state index < -0.39 is 12.6 Å². The van der Waals surface area contributed by atoms with Gasteiger partial charge in [0.1, 0.15) is 0 Å². The van der Waals surface area contributed by atoms with E-state index >= 15 is 0 Å². The Morgan fingerprint density at radius 2 is 1.29 bits per heavy atom. The van der Waals surface area contributed by atoms with E-state index in [4.69, 9.17) is 9.47 Å². The molecule has 1 aliphatic rings. The van der Waals surface area contributed by atoms with Crippen LogP contribution in [0.1, 0.15) is 96.3 Å². The second-order valence-corrected chi connectivity index (χ2v) is 6.92. The molecule has 1 aliphatic heterocycles. The number of halogens is 3. The van der Waals surface area contributed by atoms with Gasteiger partial charge in [-0.3, -0.25) is 0 Å². The minimum absolute atomic E-state index is 0.0369. The first-order valence-corrected chi connectivity index (χ1v) is 9.88. The quantitative estimate of drug-likeness (QED) is 0.321. The molecule has 2 nitrogen and oxygen atoms in total. The van der Waals surface area contributed by atoms with Crippen molar-refractivity contribution in [3.05, 3.63) is 0 Å². The summed E-state index contributed by atoms with van der Waals surface area (Å²) in [5.74, 6) is 0. The maximum Gasteiger partial charge on any atom is 0.389 e. The number of hydrogen-bond acceptors (Lipinski definition) is 2. The van der Waals surface area contributed by atoms with Crippen molar-refractivity contribution in [1.82, 2.24) is 0 Å². The lowest BCUT2D eigenvalue weighted by Gasteiger charge is -2.22. The summed E-state index contributed by atoms with van der Waals surface area (Å²) in [5.41, 5.74) is 0. The zero-order valence-corrected chi connectivity index (χ0v) is 15.0. The monoisotopic (exact) mass is 352 g/mol. The summed E-state index contributed by atoms with van der Waals surface area (Å²) in [6.07, 6.45) is 10.3. The van der Waals surface area contributed by atoms with Gasteiger partial charge in [-0.05, 0) is 32.1 Å². The molecule has 5 heteroatoms. The predicted molar refractivity (Wildman–Crippen MR) is 91.0 cm³/mol. The van der Waals surface area contributed by atoms with Crippen LogP contribution in [0.25, 0.3) is 0 Å². The van der Waals surface area contributed by atoms with Crippen molar-refractivity contribution in [2.24, 2.45) is 0 Å². The van der Waals surface area contributed by atoms with Gasteiger partial charge < -0.3 is 9.47 Å². The van der Waals surface area contributed by atoms with Gasteiger partial charge in [0.05, 0.1) is 0 Å². The first-order valence-electron chi connectivity index (χ1n) is 9.88. The molecule has 0 radical (unpaired) electrons. The third-order valence-electron chi connectivity index (χ3n) is 4.55. The van der Waals surface area contributed by atoms with Crippen LogP contribution in [0.15, 0.2) is 0 Å². The Morgan fingerprint density at radius 1 is 0.750 bits per heavy atom. The van der Waals surface area contributed by atoms with Crippen molar-refractivity contribution in [1.29, 1.82) is 0 Å². The Kier molecular flexibility index (Phi) is 12.6. The van der Waals surface area contributed by atoms with E-state index in [-0.39, 0.29) is 12.7 Å². The Bertz CT molecular complexity index is 276. The van der Waals surface area contributed by atoms with Gasteiger partial charge in [-0.25, -0.2) is 0 Å². The van der Waals surface area contributed by atoms with Gasteiger partial charge in [0.15, 0.2) is 6.29 Å². The van der Waals surface area contributed by atoms with Gasteiger partial charge in [0.2, 0.25) is 0 Å². The molecule has 1 heterocycles. The molecule has 0 saturated carbocycles. The third-order valence-corrected chi connectivity index (χ3v) is 4.55. The molecule has 0 amide bonds. The summed E-state index contributed by atoms with van der Waals surface area (Å²) in [6, 6.07) is 0. The molecule has 1 atom stereocenters. The fourth-order valence-corrected chi connectivity index (χ4v) is 3.08. The van der Waals surface area contributed by atoms with Gasteiger partial charge in [-0.1, -0.05) is 57.8 Å². The highest BCUT2D eigenvalue weighted by molar-refractivity contribution is 4.55. The predicted octanol–water partition coefficient (Wildman–Crippen LogP) is 6.77. The number of unbranched alkanes of at least 4 members (excludes halogenated alkanes) is 10. The lowest BCUT2D eigenvalue weighted by molar-refractivity contribution is -0.162. The minimum atomic E-state index is -3.98. The highest BCUT2D eigenvalue weighted by Crippen LogP contribution is 2.23. The van der Waals surface area contributed by atoms with Crippen molar-refractivity contribution in [3.8, 4) is 0 Å². The zero-order valence-electron chi connectivity index (χ0n) is 15.0. The molecule has 1 fully saturated rings. The molecule has 1 rings (SSSR count). The van der Waals surface area contributed by atoms with E-state index in [2.05, 4.69) is 0 Å². The number of alkyl halides is 3. The third kappa shape index (κ3) is 14.1. The molecule has 0 aromatic rings. The first kappa shape index (κ1) is 21.8. The van der Waals surface area contributed by atoms with Crippen LogP contribution < -0.4 is 0 Å². The lowest BCUT2D eigenvalue weighted by atomic mass is 10.1. The minimum Gasteiger partial charge on any atom is -0.353 e. The van der Waals surface area contributed by atoms with Crippen LogP contribution in [-0.4, -0.2) is 25.7 Å². The highest BCUT2D eigenvalue weighted by atomic mass is 19.4. The topological polar surface area (TPSA) is 18.5 Å². The molecule has 0 bridgehead atoms. The smallest absolute Gasteiger partial charge is 0.353 e. The molecule has 1 saturated heterocycles. The van der Waals surface area contributed by atoms with Crippen molar-refractivity contribution in [3.63, 3.8) is 0 Å². The average molecular weight is 352 g/mol. The van der Waals surface area contributed by atoms with Crippen LogP contribution in [0, 0.1) is 0 Å². The Balaban J connectivity index is 1.70. The van der Waals surface area contributed by atoms with Crippen LogP contribution in [0.3, 0.4) is 0 Å². The summed E-state index contributed by atoms with van der Waals surface area (Å²) >= 11 is 0. The van der Waals surface area contributed by atoms with E-state index in [0.717, 1.165) is 51.7 Å². The molecule has 1 unspecified atom stereocenters. The molecule has 0 spiro atoms. The lowest BCUT2D eigenvalue weighted by Crippen LogP contribution is -2.22. The van der Waals surface area contributed by atoms with E-state index in [9.17, 15) is 13.2 Å². The molecule has 0 aromatic carbocycles. The maximum absolute atomic E-state index is 12.0. The first-order chi connectivity index (χ1) is 11.6. The van der Waals surface area contributed by atoms with Crippen LogP contribution in [-0.2, 0) is 9.47 Å². The molecular weight excluding hydrogens is 317 g/mol. The molecule has 0 aromatic heterocycles. The number of rotatable bonds is 14. The zero-order chi connectivity index (χ0) is 17.5. The van der Waals surface area contributed by atoms with E-state index in [1.165, 1.54) is 38.5 Å². The molecule has 0 aliphatic carbocycles. The van der Waals surface area contributed by atoms with Crippen molar-refractivity contribution in [2.75, 3.05) is 13.2 Å². The Labute approximate surface area is 145 Å². The van der Waals surface area contributed by atoms with E-state index in [1.807, 2.05) is 0 Å². The van der Waals surface area contributed by atoms with Crippen LogP contribution in [0.4, 0.5) is 13.2 Å². The Hall–Kier alpha value is -0.290. The second kappa shape index (κ2) is 13.9. The summed E-state index contributed by atoms with van der Waals surface area (Å²) < 4.78 is 47.1. The van der Waals surface area contributed by atoms with Crippen molar-refractivity contribution < 1.29 is 22.6 Å². The summed E-state index contributed by atoms with van der Waals surface area (Å²) in [7, 11) is 0. The van der Waals surface area contributed by atoms with E-state index in [0.29, 0.717) is 6.42 Å². The number of ether oxygens (including phenoxy) is 2. The highest BCUT2D eigenvalue weighted by Gasteiger charge is 2.25. The average Bonchev–Trinajstić information content (AvgIpc) is 2.55. The van der Waals surface area contributed by atoms with Crippen LogP contribution in [0.2, 0.25) is 0 Å². The van der Waals surface area contributed by atoms with Gasteiger partial charge in [0.25, 0.3) is 0 Å². The molecular formula is C19H35F3O2. The SMILES string of the molecule is FC(F)(F)CCCCCCCCCCCCCOC1CCCCO1. The largest absolute Gasteiger partial charge is 0.389 e. The molecule has 144 valence electrons. The summed E-state index contributed by atoms with van der Waals surface area (Å²) in [5, 5.41) is 0. The van der Waals surface area contributed by atoms with Crippen molar-refractivity contribution >= 4 is 0 Å². The molecule has 24 heavy (non-hydrogen) atoms. The standard InChI is InChI=1S/C19H35F3O2/c20-19(21,22)15-11-8-6-4-2-1-3-5-7-9-12-16-23-18-14-10-13-17-24-18/h18H,1-17H2. The maximum atomic E-state index is 12.0.